The number of carbonyl (C=O) groups is 2. The van der Waals surface area contributed by atoms with Crippen molar-refractivity contribution in [3.05, 3.63) is 11.9 Å². The molecule has 4 aliphatic rings. The van der Waals surface area contributed by atoms with Crippen molar-refractivity contribution in [2.45, 2.75) is 83.8 Å². The number of rotatable bonds is 6. The molecular weight excluding hydrogens is 432 g/mol. The number of hydrogen-bond donors (Lipinski definition) is 2. The van der Waals surface area contributed by atoms with Crippen LogP contribution in [0.15, 0.2) is 6.20 Å². The Labute approximate surface area is 202 Å². The van der Waals surface area contributed by atoms with E-state index in [9.17, 15) is 14.7 Å². The van der Waals surface area contributed by atoms with E-state index in [4.69, 9.17) is 10.5 Å². The van der Waals surface area contributed by atoms with E-state index in [0.29, 0.717) is 23.7 Å². The van der Waals surface area contributed by atoms with Gasteiger partial charge >= 0.3 is 0 Å². The van der Waals surface area contributed by atoms with Gasteiger partial charge in [0.2, 0.25) is 0 Å². The molecule has 5 rings (SSSR count). The van der Waals surface area contributed by atoms with E-state index in [1.807, 2.05) is 14.0 Å². The Morgan fingerprint density at radius 2 is 1.94 bits per heavy atom. The summed E-state index contributed by atoms with van der Waals surface area (Å²) in [6.07, 6.45) is 10.8. The number of Topliss-reactive ketones (excluding diaryl/α,β-unsaturated/α-hetero) is 1. The maximum atomic E-state index is 13.4. The molecule has 0 aromatic carbocycles. The SMILES string of the molecule is COC[C@]12CC[C@@](C)(O)C[C@@H]1CC[C@H]1[C@@H]3CC[C@H](C(=O)Cn4cc(C(N)=O)nn4)[C@@]3(C)CC[C@@H]12. The second-order valence-corrected chi connectivity index (χ2v) is 12.3. The molecule has 0 unspecified atom stereocenters. The van der Waals surface area contributed by atoms with Gasteiger partial charge in [0, 0.05) is 13.0 Å². The van der Waals surface area contributed by atoms with Gasteiger partial charge in [0.05, 0.1) is 18.4 Å². The van der Waals surface area contributed by atoms with Crippen molar-refractivity contribution in [1.82, 2.24) is 15.0 Å². The average molecular weight is 473 g/mol. The van der Waals surface area contributed by atoms with Gasteiger partial charge in [0.15, 0.2) is 11.5 Å². The van der Waals surface area contributed by atoms with Gasteiger partial charge in [-0.25, -0.2) is 4.68 Å². The monoisotopic (exact) mass is 472 g/mol. The molecule has 8 heteroatoms. The van der Waals surface area contributed by atoms with E-state index in [0.717, 1.165) is 58.0 Å². The van der Waals surface area contributed by atoms with Gasteiger partial charge in [-0.3, -0.25) is 9.59 Å². The van der Waals surface area contributed by atoms with Crippen LogP contribution in [0.5, 0.6) is 0 Å². The van der Waals surface area contributed by atoms with Gasteiger partial charge in [0.1, 0.15) is 6.54 Å². The summed E-state index contributed by atoms with van der Waals surface area (Å²) in [4.78, 5) is 24.8. The standard InChI is InChI=1S/C26H40N4O4/c1-24(33)10-11-26(15-34-3)16(12-24)4-5-17-18-6-7-20(25(18,2)9-8-19(17)26)22(31)14-30-13-21(23(27)32)28-29-30/h13,16-20,33H,4-12,14-15H2,1-3H3,(H2,27,32)/t16-,17-,18-,19-,20+,24+,25-,26+/m0/s1. The van der Waals surface area contributed by atoms with Crippen LogP contribution in [0.2, 0.25) is 0 Å². The quantitative estimate of drug-likeness (QED) is 0.657. The molecule has 1 aromatic heterocycles. The molecule has 8 nitrogen and oxygen atoms in total. The number of carbonyl (C=O) groups excluding carboxylic acids is 2. The topological polar surface area (TPSA) is 120 Å². The number of aliphatic hydroxyl groups is 1. The molecule has 34 heavy (non-hydrogen) atoms. The molecule has 1 aromatic rings. The third-order valence-electron chi connectivity index (χ3n) is 10.6. The predicted molar refractivity (Wildman–Crippen MR) is 126 cm³/mol. The Morgan fingerprint density at radius 3 is 2.65 bits per heavy atom. The Hall–Kier alpha value is -1.80. The zero-order chi connectivity index (χ0) is 24.3. The lowest BCUT2D eigenvalue weighted by Gasteiger charge is -2.62. The minimum absolute atomic E-state index is 0.00655. The summed E-state index contributed by atoms with van der Waals surface area (Å²) >= 11 is 0. The average Bonchev–Trinajstić information content (AvgIpc) is 3.38. The molecule has 1 amide bonds. The largest absolute Gasteiger partial charge is 0.390 e. The highest BCUT2D eigenvalue weighted by Gasteiger charge is 2.63. The second-order valence-electron chi connectivity index (χ2n) is 12.3. The Balaban J connectivity index is 1.35. The number of amides is 1. The van der Waals surface area contributed by atoms with Crippen LogP contribution in [0, 0.1) is 40.4 Å². The first-order valence-corrected chi connectivity index (χ1v) is 13.0. The number of hydrogen-bond acceptors (Lipinski definition) is 6. The third kappa shape index (κ3) is 3.72. The van der Waals surface area contributed by atoms with E-state index in [1.165, 1.54) is 17.3 Å². The first kappa shape index (κ1) is 23.9. The number of ketones is 1. The maximum absolute atomic E-state index is 13.4. The molecule has 0 spiro atoms. The number of methoxy groups -OCH3 is 1. The van der Waals surface area contributed by atoms with Crippen molar-refractivity contribution in [2.75, 3.05) is 13.7 Å². The number of fused-ring (bicyclic) bond motifs is 5. The van der Waals surface area contributed by atoms with Gasteiger partial charge < -0.3 is 15.6 Å². The number of primary amides is 1. The van der Waals surface area contributed by atoms with Gasteiger partial charge in [-0.2, -0.15) is 0 Å². The van der Waals surface area contributed by atoms with Gasteiger partial charge in [-0.05, 0) is 99.2 Å². The lowest BCUT2D eigenvalue weighted by atomic mass is 9.43. The summed E-state index contributed by atoms with van der Waals surface area (Å²) in [6.45, 7) is 5.28. The highest BCUT2D eigenvalue weighted by Crippen LogP contribution is 2.68. The molecular formula is C26H40N4O4. The molecule has 4 fully saturated rings. The third-order valence-corrected chi connectivity index (χ3v) is 10.6. The predicted octanol–water partition coefficient (Wildman–Crippen LogP) is 2.98. The fraction of sp³-hybridized carbons (Fsp3) is 0.846. The van der Waals surface area contributed by atoms with E-state index in [1.54, 1.807) is 0 Å². The van der Waals surface area contributed by atoms with Crippen LogP contribution in [0.4, 0.5) is 0 Å². The van der Waals surface area contributed by atoms with Crippen LogP contribution < -0.4 is 5.73 Å². The summed E-state index contributed by atoms with van der Waals surface area (Å²) in [5.74, 6) is 1.89. The van der Waals surface area contributed by atoms with Crippen LogP contribution in [0.1, 0.15) is 82.1 Å². The number of nitrogens with zero attached hydrogens (tertiary/aromatic N) is 3. The molecule has 4 aliphatic carbocycles. The van der Waals surface area contributed by atoms with Gasteiger partial charge in [-0.1, -0.05) is 12.1 Å². The normalized spacial score (nSPS) is 43.6. The summed E-state index contributed by atoms with van der Waals surface area (Å²) < 4.78 is 7.31. The Kier molecular flexibility index (Phi) is 5.91. The van der Waals surface area contributed by atoms with E-state index in [-0.39, 0.29) is 34.8 Å². The lowest BCUT2D eigenvalue weighted by Crippen LogP contribution is -2.58. The van der Waals surface area contributed by atoms with Crippen LogP contribution in [-0.4, -0.2) is 51.1 Å². The summed E-state index contributed by atoms with van der Waals surface area (Å²) in [5.41, 5.74) is 4.99. The van der Waals surface area contributed by atoms with Crippen LogP contribution in [0.25, 0.3) is 0 Å². The molecule has 3 N–H and O–H groups in total. The minimum Gasteiger partial charge on any atom is -0.390 e. The first-order chi connectivity index (χ1) is 16.1. The zero-order valence-electron chi connectivity index (χ0n) is 20.8. The van der Waals surface area contributed by atoms with Crippen molar-refractivity contribution in [3.63, 3.8) is 0 Å². The number of nitrogens with two attached hydrogens (primary N) is 1. The number of aromatic nitrogens is 3. The fourth-order valence-electron chi connectivity index (χ4n) is 9.07. The van der Waals surface area contributed by atoms with Crippen molar-refractivity contribution in [1.29, 1.82) is 0 Å². The van der Waals surface area contributed by atoms with Crippen LogP contribution >= 0.6 is 0 Å². The van der Waals surface area contributed by atoms with Gasteiger partial charge in [-0.15, -0.1) is 5.10 Å². The van der Waals surface area contributed by atoms with Gasteiger partial charge in [0.25, 0.3) is 5.91 Å². The summed E-state index contributed by atoms with van der Waals surface area (Å²) in [7, 11) is 1.83. The highest BCUT2D eigenvalue weighted by atomic mass is 16.5. The van der Waals surface area contributed by atoms with E-state index >= 15 is 0 Å². The van der Waals surface area contributed by atoms with Crippen LogP contribution in [0.3, 0.4) is 0 Å². The maximum Gasteiger partial charge on any atom is 0.270 e. The minimum atomic E-state index is -0.630. The van der Waals surface area contributed by atoms with Crippen molar-refractivity contribution < 1.29 is 19.4 Å². The Morgan fingerprint density at radius 1 is 1.15 bits per heavy atom. The highest BCUT2D eigenvalue weighted by molar-refractivity contribution is 5.90. The number of ether oxygens (including phenoxy) is 1. The lowest BCUT2D eigenvalue weighted by molar-refractivity contribution is -0.175. The molecule has 1 heterocycles. The molecule has 0 saturated heterocycles. The zero-order valence-corrected chi connectivity index (χ0v) is 20.8. The van der Waals surface area contributed by atoms with E-state index < -0.39 is 11.5 Å². The fourth-order valence-corrected chi connectivity index (χ4v) is 9.07. The van der Waals surface area contributed by atoms with E-state index in [2.05, 4.69) is 17.2 Å². The summed E-state index contributed by atoms with van der Waals surface area (Å²) in [6, 6.07) is 0. The Bertz CT molecular complexity index is 960. The second kappa shape index (κ2) is 8.40. The van der Waals surface area contributed by atoms with Crippen molar-refractivity contribution in [2.24, 2.45) is 46.2 Å². The molecule has 0 aliphatic heterocycles. The molecule has 188 valence electrons. The first-order valence-electron chi connectivity index (χ1n) is 13.0. The molecule has 0 bridgehead atoms. The molecule has 8 atom stereocenters. The summed E-state index contributed by atoms with van der Waals surface area (Å²) in [5, 5.41) is 18.5. The molecule has 4 saturated carbocycles. The molecule has 0 radical (unpaired) electrons. The van der Waals surface area contributed by atoms with Crippen molar-refractivity contribution >= 4 is 11.7 Å². The van der Waals surface area contributed by atoms with Crippen molar-refractivity contribution in [3.8, 4) is 0 Å². The smallest absolute Gasteiger partial charge is 0.270 e. The van der Waals surface area contributed by atoms with Crippen LogP contribution in [-0.2, 0) is 16.1 Å².